The van der Waals surface area contributed by atoms with Gasteiger partial charge in [-0.2, -0.15) is 0 Å². The Balaban J connectivity index is 1.81. The van der Waals surface area contributed by atoms with Crippen LogP contribution in [0.4, 0.5) is 0 Å². The summed E-state index contributed by atoms with van der Waals surface area (Å²) < 4.78 is 1.76. The van der Waals surface area contributed by atoms with E-state index in [4.69, 9.17) is 5.11 Å². The summed E-state index contributed by atoms with van der Waals surface area (Å²) in [7, 11) is 0. The molecular weight excluding hydrogens is 250 g/mol. The quantitative estimate of drug-likeness (QED) is 0.897. The van der Waals surface area contributed by atoms with Crippen LogP contribution in [0.15, 0.2) is 17.5 Å². The molecule has 2 heterocycles. The van der Waals surface area contributed by atoms with Gasteiger partial charge in [0.15, 0.2) is 5.69 Å². The Kier molecular flexibility index (Phi) is 2.87. The van der Waals surface area contributed by atoms with Gasteiger partial charge in [0.05, 0.1) is 5.69 Å². The molecule has 0 amide bonds. The number of nitrogens with zero attached hydrogens (tertiary/aromatic N) is 3. The average molecular weight is 263 g/mol. The monoisotopic (exact) mass is 263 g/mol. The molecule has 1 N–H and O–H groups in total. The number of aromatic carboxylic acids is 1. The fraction of sp³-hybridized carbons (Fsp3) is 0.417. The Morgan fingerprint density at radius 3 is 3.00 bits per heavy atom. The van der Waals surface area contributed by atoms with E-state index in [-0.39, 0.29) is 5.69 Å². The van der Waals surface area contributed by atoms with E-state index in [1.807, 2.05) is 11.4 Å². The molecule has 1 aliphatic carbocycles. The Bertz CT molecular complexity index is 558. The average Bonchev–Trinajstić information content (AvgIpc) is 2.91. The lowest BCUT2D eigenvalue weighted by Crippen LogP contribution is -2.09. The van der Waals surface area contributed by atoms with Crippen molar-refractivity contribution in [2.75, 3.05) is 0 Å². The minimum absolute atomic E-state index is 0.128. The molecule has 94 valence electrons. The van der Waals surface area contributed by atoms with Crippen LogP contribution in [-0.2, 0) is 13.0 Å². The first-order valence-corrected chi connectivity index (χ1v) is 6.82. The predicted octanol–water partition coefficient (Wildman–Crippen LogP) is 2.16. The van der Waals surface area contributed by atoms with Crippen LogP contribution in [0.25, 0.3) is 0 Å². The summed E-state index contributed by atoms with van der Waals surface area (Å²) in [4.78, 5) is 12.4. The van der Waals surface area contributed by atoms with E-state index in [2.05, 4.69) is 16.4 Å². The van der Waals surface area contributed by atoms with Crippen LogP contribution in [0.2, 0.25) is 0 Å². The Morgan fingerprint density at radius 1 is 1.56 bits per heavy atom. The normalized spacial score (nSPS) is 14.9. The second-order valence-electron chi connectivity index (χ2n) is 4.46. The van der Waals surface area contributed by atoms with Gasteiger partial charge in [-0.3, -0.25) is 0 Å². The smallest absolute Gasteiger partial charge is 0.358 e. The second-order valence-corrected chi connectivity index (χ2v) is 5.49. The summed E-state index contributed by atoms with van der Waals surface area (Å²) in [6.07, 6.45) is 2.97. The molecule has 18 heavy (non-hydrogen) atoms. The summed E-state index contributed by atoms with van der Waals surface area (Å²) in [5.74, 6) is -0.631. The SMILES string of the molecule is O=C(O)c1nnn(CCc2cccs2)c1C1CC1. The van der Waals surface area contributed by atoms with Gasteiger partial charge in [-0.15, -0.1) is 16.4 Å². The molecule has 0 saturated heterocycles. The molecule has 0 unspecified atom stereocenters. The molecule has 3 rings (SSSR count). The summed E-state index contributed by atoms with van der Waals surface area (Å²) in [5.41, 5.74) is 0.933. The number of thiophene rings is 1. The summed E-state index contributed by atoms with van der Waals surface area (Å²) >= 11 is 1.71. The number of carbonyl (C=O) groups is 1. The van der Waals surface area contributed by atoms with Crippen molar-refractivity contribution in [3.05, 3.63) is 33.8 Å². The van der Waals surface area contributed by atoms with Crippen molar-refractivity contribution < 1.29 is 9.90 Å². The molecule has 0 atom stereocenters. The number of carboxylic acid groups (broad SMARTS) is 1. The van der Waals surface area contributed by atoms with Crippen molar-refractivity contribution in [3.8, 4) is 0 Å². The maximum absolute atomic E-state index is 11.1. The lowest BCUT2D eigenvalue weighted by molar-refractivity contribution is 0.0689. The molecule has 1 aliphatic rings. The van der Waals surface area contributed by atoms with Crippen LogP contribution in [-0.4, -0.2) is 26.1 Å². The molecule has 6 heteroatoms. The zero-order valence-corrected chi connectivity index (χ0v) is 10.6. The lowest BCUT2D eigenvalue weighted by atomic mass is 10.2. The van der Waals surface area contributed by atoms with Crippen molar-refractivity contribution in [1.82, 2.24) is 15.0 Å². The summed E-state index contributed by atoms with van der Waals surface area (Å²) in [5, 5.41) is 18.9. The molecule has 1 saturated carbocycles. The number of carboxylic acids is 1. The van der Waals surface area contributed by atoms with Crippen molar-refractivity contribution >= 4 is 17.3 Å². The molecule has 0 bridgehead atoms. The standard InChI is InChI=1S/C12H13N3O2S/c16-12(17)10-11(8-3-4-8)15(14-13-10)6-5-9-2-1-7-18-9/h1-2,7-8H,3-6H2,(H,16,17). The van der Waals surface area contributed by atoms with Crippen LogP contribution < -0.4 is 0 Å². The van der Waals surface area contributed by atoms with Gasteiger partial charge < -0.3 is 5.11 Å². The number of aryl methyl sites for hydroxylation is 2. The zero-order valence-electron chi connectivity index (χ0n) is 9.74. The highest BCUT2D eigenvalue weighted by molar-refractivity contribution is 7.09. The van der Waals surface area contributed by atoms with Crippen LogP contribution >= 0.6 is 11.3 Å². The van der Waals surface area contributed by atoms with Crippen LogP contribution in [0.3, 0.4) is 0 Å². The second kappa shape index (κ2) is 4.53. The zero-order chi connectivity index (χ0) is 12.5. The molecule has 1 fully saturated rings. The highest BCUT2D eigenvalue weighted by atomic mass is 32.1. The minimum Gasteiger partial charge on any atom is -0.476 e. The summed E-state index contributed by atoms with van der Waals surface area (Å²) in [6, 6.07) is 4.10. The van der Waals surface area contributed by atoms with Crippen LogP contribution in [0, 0.1) is 0 Å². The maximum atomic E-state index is 11.1. The van der Waals surface area contributed by atoms with Crippen LogP contribution in [0.1, 0.15) is 39.8 Å². The first-order chi connectivity index (χ1) is 8.75. The van der Waals surface area contributed by atoms with Gasteiger partial charge in [-0.25, -0.2) is 9.48 Å². The number of hydrogen-bond donors (Lipinski definition) is 1. The third kappa shape index (κ3) is 2.15. The molecule has 0 spiro atoms. The van der Waals surface area contributed by atoms with E-state index in [1.165, 1.54) is 4.88 Å². The minimum atomic E-state index is -0.973. The van der Waals surface area contributed by atoms with Crippen molar-refractivity contribution in [2.24, 2.45) is 0 Å². The van der Waals surface area contributed by atoms with E-state index in [1.54, 1.807) is 16.0 Å². The van der Waals surface area contributed by atoms with Crippen molar-refractivity contribution in [1.29, 1.82) is 0 Å². The van der Waals surface area contributed by atoms with E-state index in [9.17, 15) is 4.79 Å². The highest BCUT2D eigenvalue weighted by Crippen LogP contribution is 2.41. The largest absolute Gasteiger partial charge is 0.476 e. The molecule has 0 radical (unpaired) electrons. The molecular formula is C12H13N3O2S. The first-order valence-electron chi connectivity index (χ1n) is 5.95. The van der Waals surface area contributed by atoms with Gasteiger partial charge >= 0.3 is 5.97 Å². The molecule has 0 aromatic carbocycles. The fourth-order valence-electron chi connectivity index (χ4n) is 2.07. The van der Waals surface area contributed by atoms with Gasteiger partial charge in [0.2, 0.25) is 0 Å². The molecule has 0 aliphatic heterocycles. The number of hydrogen-bond acceptors (Lipinski definition) is 4. The molecule has 5 nitrogen and oxygen atoms in total. The van der Waals surface area contributed by atoms with Crippen molar-refractivity contribution in [2.45, 2.75) is 31.7 Å². The van der Waals surface area contributed by atoms with Gasteiger partial charge in [0.1, 0.15) is 0 Å². The van der Waals surface area contributed by atoms with E-state index < -0.39 is 5.97 Å². The number of aromatic nitrogens is 3. The van der Waals surface area contributed by atoms with Crippen LogP contribution in [0.5, 0.6) is 0 Å². The highest BCUT2D eigenvalue weighted by Gasteiger charge is 2.33. The van der Waals surface area contributed by atoms with Gasteiger partial charge in [0, 0.05) is 23.8 Å². The van der Waals surface area contributed by atoms with Gasteiger partial charge in [0.25, 0.3) is 0 Å². The maximum Gasteiger partial charge on any atom is 0.358 e. The fourth-order valence-corrected chi connectivity index (χ4v) is 2.77. The van der Waals surface area contributed by atoms with Crippen molar-refractivity contribution in [3.63, 3.8) is 0 Å². The predicted molar refractivity (Wildman–Crippen MR) is 67.0 cm³/mol. The van der Waals surface area contributed by atoms with E-state index in [0.717, 1.165) is 25.0 Å². The first kappa shape index (κ1) is 11.4. The topological polar surface area (TPSA) is 68.0 Å². The van der Waals surface area contributed by atoms with E-state index >= 15 is 0 Å². The third-order valence-corrected chi connectivity index (χ3v) is 4.03. The Hall–Kier alpha value is -1.69. The summed E-state index contributed by atoms with van der Waals surface area (Å²) in [6.45, 7) is 0.701. The Labute approximate surface area is 108 Å². The third-order valence-electron chi connectivity index (χ3n) is 3.09. The number of rotatable bonds is 5. The van der Waals surface area contributed by atoms with E-state index in [0.29, 0.717) is 12.5 Å². The van der Waals surface area contributed by atoms with Gasteiger partial charge in [-0.05, 0) is 24.3 Å². The lowest BCUT2D eigenvalue weighted by Gasteiger charge is -2.04. The molecule has 2 aromatic heterocycles. The van der Waals surface area contributed by atoms with Gasteiger partial charge in [-0.1, -0.05) is 11.3 Å². The molecule has 2 aromatic rings. The Morgan fingerprint density at radius 2 is 2.39 bits per heavy atom.